The van der Waals surface area contributed by atoms with Crippen LogP contribution in [-0.4, -0.2) is 29.9 Å². The lowest BCUT2D eigenvalue weighted by Crippen LogP contribution is -2.49. The fraction of sp³-hybridized carbons (Fsp3) is 0.250. The van der Waals surface area contributed by atoms with Crippen molar-refractivity contribution in [2.24, 2.45) is 0 Å². The van der Waals surface area contributed by atoms with E-state index in [1.54, 1.807) is 11.0 Å². The lowest BCUT2D eigenvalue weighted by atomic mass is 10.1. The molecule has 1 saturated heterocycles. The minimum absolute atomic E-state index is 0.0230. The molecule has 1 aliphatic rings. The van der Waals surface area contributed by atoms with Crippen molar-refractivity contribution in [3.05, 3.63) is 81.5 Å². The van der Waals surface area contributed by atoms with Gasteiger partial charge in [-0.05, 0) is 60.7 Å². The average Bonchev–Trinajstić information content (AvgIpc) is 3.25. The molecule has 2 aromatic carbocycles. The van der Waals surface area contributed by atoms with Crippen molar-refractivity contribution in [1.82, 2.24) is 4.90 Å². The molecular weight excluding hydrogens is 432 g/mol. The number of halogens is 2. The topological polar surface area (TPSA) is 52.6 Å². The zero-order valence-electron chi connectivity index (χ0n) is 17.6. The van der Waals surface area contributed by atoms with Gasteiger partial charge in [0.05, 0.1) is 24.3 Å². The lowest BCUT2D eigenvalue weighted by molar-refractivity contribution is -0.115. The monoisotopic (exact) mass is 455 g/mol. The van der Waals surface area contributed by atoms with E-state index in [0.717, 1.165) is 28.6 Å². The van der Waals surface area contributed by atoms with Crippen LogP contribution in [0.4, 0.5) is 25.0 Å². The van der Waals surface area contributed by atoms with E-state index in [9.17, 15) is 18.4 Å². The maximum Gasteiger partial charge on any atom is 0.324 e. The number of amides is 3. The SMILES string of the molecule is Cc1ccc(N2CCCN(Cc3cc(F)ccc3F)C2=O)c(NC(=O)Cc2cccs2)c1. The highest BCUT2D eigenvalue weighted by Gasteiger charge is 2.29. The van der Waals surface area contributed by atoms with Crippen LogP contribution in [0.25, 0.3) is 0 Å². The molecule has 1 N–H and O–H groups in total. The number of urea groups is 1. The Morgan fingerprint density at radius 1 is 1.12 bits per heavy atom. The Bertz CT molecular complexity index is 1130. The van der Waals surface area contributed by atoms with E-state index in [1.165, 1.54) is 16.2 Å². The zero-order chi connectivity index (χ0) is 22.7. The summed E-state index contributed by atoms with van der Waals surface area (Å²) in [5.41, 5.74) is 2.22. The first-order chi connectivity index (χ1) is 15.4. The molecule has 0 saturated carbocycles. The van der Waals surface area contributed by atoms with Crippen LogP contribution in [0, 0.1) is 18.6 Å². The Labute approximate surface area is 189 Å². The maximum absolute atomic E-state index is 14.1. The second-order valence-electron chi connectivity index (χ2n) is 7.77. The standard InChI is InChI=1S/C24H23F2N3O2S/c1-16-5-8-22(21(12-16)27-23(30)14-19-4-2-11-32-19)29-10-3-9-28(24(29)31)15-17-13-18(25)6-7-20(17)26/h2,4-8,11-13H,3,9-10,14-15H2,1H3,(H,27,30). The lowest BCUT2D eigenvalue weighted by Gasteiger charge is -2.36. The fourth-order valence-corrected chi connectivity index (χ4v) is 4.48. The summed E-state index contributed by atoms with van der Waals surface area (Å²) < 4.78 is 27.7. The third kappa shape index (κ3) is 4.96. The van der Waals surface area contributed by atoms with Crippen molar-refractivity contribution in [3.63, 3.8) is 0 Å². The molecule has 0 atom stereocenters. The van der Waals surface area contributed by atoms with Crippen molar-refractivity contribution in [2.75, 3.05) is 23.3 Å². The molecule has 0 unspecified atom stereocenters. The van der Waals surface area contributed by atoms with Gasteiger partial charge in [0.1, 0.15) is 11.6 Å². The third-order valence-electron chi connectivity index (χ3n) is 5.31. The Morgan fingerprint density at radius 3 is 2.75 bits per heavy atom. The highest BCUT2D eigenvalue weighted by Crippen LogP contribution is 2.31. The minimum atomic E-state index is -0.548. The number of hydrogen-bond acceptors (Lipinski definition) is 3. The van der Waals surface area contributed by atoms with Gasteiger partial charge in [-0.2, -0.15) is 0 Å². The van der Waals surface area contributed by atoms with Crippen LogP contribution in [-0.2, 0) is 17.8 Å². The number of aryl methyl sites for hydroxylation is 1. The number of nitrogens with zero attached hydrogens (tertiary/aromatic N) is 2. The summed E-state index contributed by atoms with van der Waals surface area (Å²) in [6.07, 6.45) is 0.920. The highest BCUT2D eigenvalue weighted by atomic mass is 32.1. The average molecular weight is 456 g/mol. The minimum Gasteiger partial charge on any atom is -0.324 e. The van der Waals surface area contributed by atoms with Crippen LogP contribution >= 0.6 is 11.3 Å². The Kier molecular flexibility index (Phi) is 6.50. The molecular formula is C24H23F2N3O2S. The fourth-order valence-electron chi connectivity index (χ4n) is 3.77. The third-order valence-corrected chi connectivity index (χ3v) is 6.19. The van der Waals surface area contributed by atoms with E-state index in [0.29, 0.717) is 30.9 Å². The number of carbonyl (C=O) groups excluding carboxylic acids is 2. The summed E-state index contributed by atoms with van der Waals surface area (Å²) in [5, 5.41) is 4.85. The first-order valence-electron chi connectivity index (χ1n) is 10.3. The van der Waals surface area contributed by atoms with E-state index >= 15 is 0 Å². The Hall–Kier alpha value is -3.26. The molecule has 0 radical (unpaired) electrons. The number of hydrogen-bond donors (Lipinski definition) is 1. The predicted octanol–water partition coefficient (Wildman–Crippen LogP) is 5.35. The molecule has 2 heterocycles. The largest absolute Gasteiger partial charge is 0.324 e. The molecule has 1 fully saturated rings. The quantitative estimate of drug-likeness (QED) is 0.545. The van der Waals surface area contributed by atoms with Crippen LogP contribution in [0.1, 0.15) is 22.4 Å². The number of anilines is 2. The van der Waals surface area contributed by atoms with Gasteiger partial charge in [-0.3, -0.25) is 9.69 Å². The molecule has 0 spiro atoms. The second kappa shape index (κ2) is 9.48. The van der Waals surface area contributed by atoms with Gasteiger partial charge in [0.15, 0.2) is 0 Å². The summed E-state index contributed by atoms with van der Waals surface area (Å²) in [6.45, 7) is 2.80. The van der Waals surface area contributed by atoms with Gasteiger partial charge in [-0.15, -0.1) is 11.3 Å². The second-order valence-corrected chi connectivity index (χ2v) is 8.80. The number of nitrogens with one attached hydrogen (secondary N) is 1. The molecule has 3 aromatic rings. The van der Waals surface area contributed by atoms with Gasteiger partial charge in [0, 0.05) is 23.5 Å². The molecule has 4 rings (SSSR count). The van der Waals surface area contributed by atoms with Crippen LogP contribution in [0.2, 0.25) is 0 Å². The van der Waals surface area contributed by atoms with Gasteiger partial charge in [0.25, 0.3) is 0 Å². The summed E-state index contributed by atoms with van der Waals surface area (Å²) >= 11 is 1.51. The molecule has 1 aromatic heterocycles. The normalized spacial score (nSPS) is 14.0. The molecule has 5 nitrogen and oxygen atoms in total. The van der Waals surface area contributed by atoms with E-state index in [4.69, 9.17) is 0 Å². The van der Waals surface area contributed by atoms with Gasteiger partial charge < -0.3 is 10.2 Å². The Morgan fingerprint density at radius 2 is 1.97 bits per heavy atom. The summed E-state index contributed by atoms with van der Waals surface area (Å²) in [6, 6.07) is 12.2. The first-order valence-corrected chi connectivity index (χ1v) is 11.2. The summed E-state index contributed by atoms with van der Waals surface area (Å²) in [4.78, 5) is 29.9. The summed E-state index contributed by atoms with van der Waals surface area (Å²) in [5.74, 6) is -1.26. The maximum atomic E-state index is 14.1. The number of carbonyl (C=O) groups is 2. The zero-order valence-corrected chi connectivity index (χ0v) is 18.4. The van der Waals surface area contributed by atoms with Crippen molar-refractivity contribution in [3.8, 4) is 0 Å². The molecule has 0 bridgehead atoms. The van der Waals surface area contributed by atoms with Crippen LogP contribution in [0.3, 0.4) is 0 Å². The van der Waals surface area contributed by atoms with Crippen LogP contribution in [0.15, 0.2) is 53.9 Å². The van der Waals surface area contributed by atoms with Gasteiger partial charge in [0.2, 0.25) is 5.91 Å². The smallest absolute Gasteiger partial charge is 0.324 e. The number of thiophene rings is 1. The predicted molar refractivity (Wildman–Crippen MR) is 122 cm³/mol. The number of rotatable bonds is 6. The number of benzene rings is 2. The highest BCUT2D eigenvalue weighted by molar-refractivity contribution is 7.10. The van der Waals surface area contributed by atoms with Crippen molar-refractivity contribution < 1.29 is 18.4 Å². The molecule has 8 heteroatoms. The summed E-state index contributed by atoms with van der Waals surface area (Å²) in [7, 11) is 0. The molecule has 32 heavy (non-hydrogen) atoms. The van der Waals surface area contributed by atoms with Crippen LogP contribution < -0.4 is 10.2 Å². The van der Waals surface area contributed by atoms with Gasteiger partial charge in [-0.25, -0.2) is 13.6 Å². The molecule has 3 amide bonds. The van der Waals surface area contributed by atoms with Gasteiger partial charge >= 0.3 is 6.03 Å². The van der Waals surface area contributed by atoms with E-state index in [1.807, 2.05) is 36.6 Å². The van der Waals surface area contributed by atoms with Crippen LogP contribution in [0.5, 0.6) is 0 Å². The molecule has 166 valence electrons. The first kappa shape index (κ1) is 22.0. The van der Waals surface area contributed by atoms with Crippen molar-refractivity contribution in [2.45, 2.75) is 26.3 Å². The Balaban J connectivity index is 1.55. The molecule has 1 aliphatic heterocycles. The van der Waals surface area contributed by atoms with E-state index in [-0.39, 0.29) is 30.5 Å². The van der Waals surface area contributed by atoms with E-state index < -0.39 is 11.6 Å². The van der Waals surface area contributed by atoms with Crippen molar-refractivity contribution in [1.29, 1.82) is 0 Å². The van der Waals surface area contributed by atoms with Crippen molar-refractivity contribution >= 4 is 34.6 Å². The van der Waals surface area contributed by atoms with Gasteiger partial charge in [-0.1, -0.05) is 12.1 Å². The van der Waals surface area contributed by atoms with E-state index in [2.05, 4.69) is 5.32 Å². The molecule has 0 aliphatic carbocycles.